The molecule has 0 unspecified atom stereocenters. The van der Waals surface area contributed by atoms with Gasteiger partial charge in [0.2, 0.25) is 0 Å². The van der Waals surface area contributed by atoms with Crippen molar-refractivity contribution in [3.05, 3.63) is 69.3 Å². The third-order valence-corrected chi connectivity index (χ3v) is 3.49. The largest absolute Gasteiger partial charge is 0.383 e. The number of aromatic nitrogens is 2. The van der Waals surface area contributed by atoms with E-state index in [4.69, 9.17) is 0 Å². The molecule has 0 bridgehead atoms. The Morgan fingerprint density at radius 3 is 1.88 bits per heavy atom. The number of rotatable bonds is 4. The van der Waals surface area contributed by atoms with Crippen molar-refractivity contribution in [1.82, 2.24) is 14.9 Å². The minimum absolute atomic E-state index is 0.0359. The molecule has 0 aromatic carbocycles. The molecule has 0 amide bonds. The summed E-state index contributed by atoms with van der Waals surface area (Å²) in [6, 6.07) is 3.49. The summed E-state index contributed by atoms with van der Waals surface area (Å²) in [5.41, 5.74) is 1.21. The van der Waals surface area contributed by atoms with Crippen molar-refractivity contribution in [3.63, 3.8) is 0 Å². The van der Waals surface area contributed by atoms with E-state index in [2.05, 4.69) is 41.8 Å². The van der Waals surface area contributed by atoms with E-state index in [0.29, 0.717) is 11.1 Å². The molecule has 7 heteroatoms. The van der Waals surface area contributed by atoms with Crippen molar-refractivity contribution in [1.29, 1.82) is 0 Å². The molecule has 0 N–H and O–H groups in total. The summed E-state index contributed by atoms with van der Waals surface area (Å²) in [4.78, 5) is 31.8. The first-order chi connectivity index (χ1) is 11.3. The number of hydrogen-bond donors (Lipinski definition) is 0. The molecule has 0 aliphatic heterocycles. The Hall–Kier alpha value is -1.86. The smallest absolute Gasteiger partial charge is 0.188 e. The van der Waals surface area contributed by atoms with Crippen LogP contribution < -0.4 is 0 Å². The van der Waals surface area contributed by atoms with E-state index in [0.717, 1.165) is 8.95 Å². The average Bonchev–Trinajstić information content (AvgIpc) is 2.53. The van der Waals surface area contributed by atoms with Gasteiger partial charge in [0.1, 0.15) is 0 Å². The maximum Gasteiger partial charge on any atom is 0.188 e. The summed E-state index contributed by atoms with van der Waals surface area (Å²) >= 11 is 6.48. The molecule has 0 fully saturated rings. The topological polar surface area (TPSA) is 63.2 Å². The van der Waals surface area contributed by atoms with Crippen LogP contribution in [0.15, 0.2) is 58.1 Å². The molecule has 126 valence electrons. The van der Waals surface area contributed by atoms with E-state index < -0.39 is 0 Å². The number of Topliss-reactive ketones (excluding diaryl/α,β-unsaturated/α-hetero) is 1. The number of pyridine rings is 2. The lowest BCUT2D eigenvalue weighted by molar-refractivity contribution is 0.101. The molecule has 0 radical (unpaired) electrons. The first kappa shape index (κ1) is 20.2. The van der Waals surface area contributed by atoms with E-state index in [1.165, 1.54) is 13.0 Å². The van der Waals surface area contributed by atoms with Crippen molar-refractivity contribution in [2.45, 2.75) is 6.92 Å². The molecular formula is C17H17Br2N3O2. The molecule has 0 aliphatic rings. The molecule has 24 heavy (non-hydrogen) atoms. The summed E-state index contributed by atoms with van der Waals surface area (Å²) < 4.78 is 1.64. The lowest BCUT2D eigenvalue weighted by Crippen LogP contribution is -2.03. The van der Waals surface area contributed by atoms with Crippen LogP contribution in [0.2, 0.25) is 0 Å². The molecule has 0 saturated carbocycles. The Morgan fingerprint density at radius 2 is 1.46 bits per heavy atom. The number of allylic oxidation sites excluding steroid dienone is 1. The zero-order chi connectivity index (χ0) is 18.1. The number of hydrogen-bond acceptors (Lipinski definition) is 5. The summed E-state index contributed by atoms with van der Waals surface area (Å²) in [6.45, 7) is 1.52. The minimum atomic E-state index is -0.0486. The van der Waals surface area contributed by atoms with E-state index in [9.17, 15) is 9.59 Å². The van der Waals surface area contributed by atoms with Gasteiger partial charge in [0, 0.05) is 71.2 Å². The highest BCUT2D eigenvalue weighted by Crippen LogP contribution is 2.10. The van der Waals surface area contributed by atoms with Gasteiger partial charge in [-0.25, -0.2) is 0 Å². The second kappa shape index (κ2) is 10.1. The van der Waals surface area contributed by atoms with Crippen LogP contribution in [0.3, 0.4) is 0 Å². The van der Waals surface area contributed by atoms with E-state index >= 15 is 0 Å². The van der Waals surface area contributed by atoms with Crippen molar-refractivity contribution >= 4 is 43.4 Å². The van der Waals surface area contributed by atoms with Crippen molar-refractivity contribution < 1.29 is 9.59 Å². The van der Waals surface area contributed by atoms with Gasteiger partial charge in [0.15, 0.2) is 11.6 Å². The van der Waals surface area contributed by atoms with Gasteiger partial charge in [-0.3, -0.25) is 19.6 Å². The van der Waals surface area contributed by atoms with Crippen molar-refractivity contribution in [3.8, 4) is 0 Å². The summed E-state index contributed by atoms with van der Waals surface area (Å²) in [5, 5.41) is 0. The van der Waals surface area contributed by atoms with Gasteiger partial charge >= 0.3 is 0 Å². The van der Waals surface area contributed by atoms with Crippen LogP contribution in [0.1, 0.15) is 27.6 Å². The van der Waals surface area contributed by atoms with Crippen LogP contribution in [0, 0.1) is 0 Å². The SMILES string of the molecule is CC(=O)c1cncc(Br)c1.CN(C)C=CC(=O)c1cncc(Br)c1. The molecule has 2 aromatic heterocycles. The van der Waals surface area contributed by atoms with Crippen LogP contribution in [0.5, 0.6) is 0 Å². The summed E-state index contributed by atoms with van der Waals surface area (Å²) in [5.74, 6) is -0.0127. The first-order valence-electron chi connectivity index (χ1n) is 6.90. The molecular weight excluding hydrogens is 438 g/mol. The van der Waals surface area contributed by atoms with Crippen LogP contribution in [0.4, 0.5) is 0 Å². The Balaban J connectivity index is 0.000000254. The number of ketones is 2. The molecule has 0 saturated heterocycles. The molecule has 2 rings (SSSR count). The maximum absolute atomic E-state index is 11.5. The second-order valence-electron chi connectivity index (χ2n) is 4.98. The van der Waals surface area contributed by atoms with Crippen molar-refractivity contribution in [2.75, 3.05) is 14.1 Å². The minimum Gasteiger partial charge on any atom is -0.383 e. The first-order valence-corrected chi connectivity index (χ1v) is 8.49. The van der Waals surface area contributed by atoms with Gasteiger partial charge in [-0.1, -0.05) is 0 Å². The highest BCUT2D eigenvalue weighted by molar-refractivity contribution is 9.10. The molecule has 5 nitrogen and oxygen atoms in total. The zero-order valence-corrected chi connectivity index (χ0v) is 16.7. The number of carbonyl (C=O) groups excluding carboxylic acids is 2. The molecule has 2 heterocycles. The fourth-order valence-electron chi connectivity index (χ4n) is 1.46. The average molecular weight is 455 g/mol. The Labute approximate surface area is 158 Å². The standard InChI is InChI=1S/C10H11BrN2O.C7H6BrNO/c1-13(2)4-3-10(14)8-5-9(11)7-12-6-8;1-5(10)6-2-7(8)4-9-3-6/h3-7H,1-2H3;2-4H,1H3. The van der Waals surface area contributed by atoms with Crippen LogP contribution in [0.25, 0.3) is 0 Å². The number of nitrogens with zero attached hydrogens (tertiary/aromatic N) is 3. The monoisotopic (exact) mass is 453 g/mol. The predicted octanol–water partition coefficient (Wildman–Crippen LogP) is 4.15. The van der Waals surface area contributed by atoms with Crippen molar-refractivity contribution in [2.24, 2.45) is 0 Å². The molecule has 0 atom stereocenters. The normalized spacial score (nSPS) is 10.0. The predicted molar refractivity (Wildman–Crippen MR) is 101 cm³/mol. The molecule has 0 aliphatic carbocycles. The molecule has 2 aromatic rings. The lowest BCUT2D eigenvalue weighted by atomic mass is 10.2. The number of halogens is 2. The summed E-state index contributed by atoms with van der Waals surface area (Å²) in [6.07, 6.45) is 9.62. The van der Waals surface area contributed by atoms with Crippen LogP contribution in [-0.4, -0.2) is 40.5 Å². The van der Waals surface area contributed by atoms with Crippen LogP contribution in [-0.2, 0) is 0 Å². The Morgan fingerprint density at radius 1 is 0.958 bits per heavy atom. The fourth-order valence-corrected chi connectivity index (χ4v) is 2.19. The van der Waals surface area contributed by atoms with Crippen LogP contribution >= 0.6 is 31.9 Å². The third-order valence-electron chi connectivity index (χ3n) is 2.62. The zero-order valence-electron chi connectivity index (χ0n) is 13.5. The van der Waals surface area contributed by atoms with E-state index in [1.807, 2.05) is 19.0 Å². The quantitative estimate of drug-likeness (QED) is 0.512. The van der Waals surface area contributed by atoms with E-state index in [-0.39, 0.29) is 11.6 Å². The number of carbonyl (C=O) groups is 2. The van der Waals surface area contributed by atoms with Gasteiger partial charge in [-0.05, 0) is 50.9 Å². The van der Waals surface area contributed by atoms with Gasteiger partial charge in [-0.2, -0.15) is 0 Å². The maximum atomic E-state index is 11.5. The third kappa shape index (κ3) is 7.61. The van der Waals surface area contributed by atoms with Gasteiger partial charge in [0.25, 0.3) is 0 Å². The van der Waals surface area contributed by atoms with E-state index in [1.54, 1.807) is 43.1 Å². The lowest BCUT2D eigenvalue weighted by Gasteiger charge is -2.02. The second-order valence-corrected chi connectivity index (χ2v) is 6.81. The van der Waals surface area contributed by atoms with Gasteiger partial charge in [0.05, 0.1) is 0 Å². The molecule has 0 spiro atoms. The Bertz CT molecular complexity index is 746. The highest BCUT2D eigenvalue weighted by atomic mass is 79.9. The Kier molecular flexibility index (Phi) is 8.49. The van der Waals surface area contributed by atoms with Gasteiger partial charge in [-0.15, -0.1) is 0 Å². The van der Waals surface area contributed by atoms with Gasteiger partial charge < -0.3 is 4.90 Å². The summed E-state index contributed by atoms with van der Waals surface area (Å²) in [7, 11) is 3.73. The highest BCUT2D eigenvalue weighted by Gasteiger charge is 2.02. The fraction of sp³-hybridized carbons (Fsp3) is 0.176.